The number of carbonyl (C=O) groups is 9. The molecule has 7 N–H and O–H groups in total. The Bertz CT molecular complexity index is 5540. The van der Waals surface area contributed by atoms with Crippen molar-refractivity contribution in [2.75, 3.05) is 218 Å². The van der Waals surface area contributed by atoms with E-state index in [4.69, 9.17) is 14.7 Å². The maximum Gasteiger partial charge on any atom is 0.264 e. The number of likely N-dealkylation sites (tertiary alicyclic amines) is 2. The number of anilines is 8. The van der Waals surface area contributed by atoms with Crippen LogP contribution in [0.4, 0.5) is 63.6 Å². The molecule has 2 unspecified atom stereocenters. The van der Waals surface area contributed by atoms with Gasteiger partial charge in [-0.05, 0) is 194 Å². The highest BCUT2D eigenvalue weighted by Gasteiger charge is 2.50. The molecule has 136 heavy (non-hydrogen) atoms. The number of halogens is 4. The topological polar surface area (TPSA) is 338 Å². The lowest BCUT2D eigenvalue weighted by molar-refractivity contribution is -0.138. The molecule has 4 aromatic carbocycles. The van der Waals surface area contributed by atoms with Crippen LogP contribution in [0.3, 0.4) is 0 Å². The number of imide groups is 3. The van der Waals surface area contributed by atoms with Gasteiger partial charge in [0.2, 0.25) is 35.4 Å². The van der Waals surface area contributed by atoms with E-state index in [1.807, 2.05) is 24.3 Å². The molecule has 9 amide bonds. The van der Waals surface area contributed by atoms with E-state index < -0.39 is 76.0 Å². The number of piperidine rings is 6. The molecule has 2 spiro atoms. The van der Waals surface area contributed by atoms with Gasteiger partial charge in [-0.15, -0.1) is 0 Å². The summed E-state index contributed by atoms with van der Waals surface area (Å²) in [5.74, 6) is -0.968. The largest absolute Gasteiger partial charge is 0.385 e. The molecule has 33 nitrogen and oxygen atoms in total. The van der Waals surface area contributed by atoms with Crippen LogP contribution in [-0.4, -0.2) is 314 Å². The van der Waals surface area contributed by atoms with E-state index in [9.17, 15) is 43.2 Å². The molecular weight excluding hydrogens is 1750 g/mol. The van der Waals surface area contributed by atoms with Crippen molar-refractivity contribution in [2.24, 2.45) is 22.7 Å². The van der Waals surface area contributed by atoms with E-state index in [-0.39, 0.29) is 101 Å². The molecule has 5 atom stereocenters. The summed E-state index contributed by atoms with van der Waals surface area (Å²) in [6.07, 6.45) is 11.5. The lowest BCUT2D eigenvalue weighted by atomic mass is 9.77. The van der Waals surface area contributed by atoms with Gasteiger partial charge in [-0.3, -0.25) is 78.3 Å². The molecular formula is C99H127F4N23O10. The molecule has 10 saturated heterocycles. The van der Waals surface area contributed by atoms with Crippen molar-refractivity contribution in [3.63, 3.8) is 0 Å². The minimum absolute atomic E-state index is 0.0541. The number of fused-ring (bicyclic) bond motifs is 3. The second kappa shape index (κ2) is 39.3. The zero-order valence-corrected chi connectivity index (χ0v) is 78.5. The zero-order valence-electron chi connectivity index (χ0n) is 78.5. The molecule has 11 fully saturated rings. The number of amides is 9. The Morgan fingerprint density at radius 1 is 0.507 bits per heavy atom. The fraction of sp³-hybridized carbons (Fsp3) is 0.586. The number of aromatic nitrogens is 4. The van der Waals surface area contributed by atoms with Crippen LogP contribution in [0, 0.1) is 45.9 Å². The first kappa shape index (κ1) is 93.8. The normalized spacial score (nSPS) is 24.3. The Kier molecular flexibility index (Phi) is 27.1. The van der Waals surface area contributed by atoms with Gasteiger partial charge < -0.3 is 65.6 Å². The molecule has 13 aliphatic rings. The second-order valence-electron chi connectivity index (χ2n) is 41.5. The van der Waals surface area contributed by atoms with Gasteiger partial charge in [0.15, 0.2) is 0 Å². The smallest absolute Gasteiger partial charge is 0.264 e. The molecule has 2 aromatic heterocycles. The highest BCUT2D eigenvalue weighted by molar-refractivity contribution is 6.25. The number of hydrogen-bond donors (Lipinski definition) is 7. The SMILES string of the molecule is CN(CCCNc1ccc2c(c1)CN(C1CCC(=O)NC1=O)C2=O)[C@@H]1C[C@@H]2CN(c3cc(N4CCC5(CC4)CN(c4cc(F)c(CN6CCC(C)(C)CC6)cc4F)CC(=O)N5)nc(CC4(C)CCN(Cc5cc(F)c(N6CC(=O)NC7(CCN(c8cc(NCCOCCN9CCN(CCNc%10cccc%11c%10C(=O)N(C%10CCC(=O)NC%10=O)C%11=O)CC9)ncn8)CC7)C6)cc5F)CC4)n3)C[C@@H]2C1. The molecule has 726 valence electrons. The average molecular weight is 1880 g/mol. The van der Waals surface area contributed by atoms with Crippen LogP contribution in [0.15, 0.2) is 79.1 Å². The molecule has 19 rings (SSSR count). The summed E-state index contributed by atoms with van der Waals surface area (Å²) in [6.45, 7) is 23.5. The van der Waals surface area contributed by atoms with E-state index in [0.717, 1.165) is 163 Å². The van der Waals surface area contributed by atoms with Crippen molar-refractivity contribution in [1.29, 1.82) is 0 Å². The third-order valence-electron chi connectivity index (χ3n) is 31.5. The van der Waals surface area contributed by atoms with Crippen molar-refractivity contribution < 1.29 is 65.4 Å². The highest BCUT2D eigenvalue weighted by Crippen LogP contribution is 2.45. The van der Waals surface area contributed by atoms with E-state index in [1.165, 1.54) is 30.6 Å². The third-order valence-corrected chi connectivity index (χ3v) is 31.5. The van der Waals surface area contributed by atoms with Crippen LogP contribution < -0.4 is 61.7 Å². The van der Waals surface area contributed by atoms with Crippen LogP contribution in [0.25, 0.3) is 0 Å². The second-order valence-corrected chi connectivity index (χ2v) is 41.5. The van der Waals surface area contributed by atoms with Gasteiger partial charge in [-0.2, -0.15) is 0 Å². The monoisotopic (exact) mass is 1870 g/mol. The number of ether oxygens (including phenoxy) is 1. The van der Waals surface area contributed by atoms with E-state index in [1.54, 1.807) is 32.9 Å². The highest BCUT2D eigenvalue weighted by atomic mass is 19.1. The first-order valence-corrected chi connectivity index (χ1v) is 49.0. The molecule has 37 heteroatoms. The van der Waals surface area contributed by atoms with Crippen LogP contribution in [-0.2, 0) is 59.6 Å². The van der Waals surface area contributed by atoms with Crippen LogP contribution >= 0.6 is 0 Å². The van der Waals surface area contributed by atoms with E-state index >= 15 is 17.6 Å². The van der Waals surface area contributed by atoms with Gasteiger partial charge in [-0.1, -0.05) is 26.8 Å². The molecule has 0 bridgehead atoms. The minimum Gasteiger partial charge on any atom is -0.385 e. The average Bonchev–Trinajstić information content (AvgIpc) is 1.65. The summed E-state index contributed by atoms with van der Waals surface area (Å²) in [5.41, 5.74) is 2.71. The van der Waals surface area contributed by atoms with Gasteiger partial charge in [-0.25, -0.2) is 37.5 Å². The Morgan fingerprint density at radius 3 is 1.70 bits per heavy atom. The van der Waals surface area contributed by atoms with Gasteiger partial charge >= 0.3 is 0 Å². The molecule has 0 radical (unpaired) electrons. The number of benzene rings is 4. The fourth-order valence-electron chi connectivity index (χ4n) is 23.2. The first-order valence-electron chi connectivity index (χ1n) is 49.0. The number of piperazine rings is 3. The maximum atomic E-state index is 16.7. The fourth-order valence-corrected chi connectivity index (χ4v) is 23.2. The number of carbonyl (C=O) groups excluding carboxylic acids is 9. The standard InChI is InChI=1S/C99H127F4N23O10/c1-96(2)15-27-118(28-16-96)53-66-46-74(102)79(48-72(66)100)124-59-89(130)114-99(61-124)21-33-121(34-22-99)84-51-85(122-55-63-44-69(45-64(63)56-122)115(4)26-6-23-104-68-9-10-70-65(43-68)57-125(93(70)133)77-11-13-86(127)111-91(77)131)110-82(109-84)52-97(3)17-29-119(30-18-97)54-67-47-75(103)80(49-73(67)101)123-58-88(129)113-98(60-123)19-31-120(32-20-98)83-50-81(107-62-108-83)106-25-41-136-42-40-117-38-36-116(37-39-117)35-24-105-76-8-5-7-71-90(76)95(135)126(94(71)134)78-12-14-87(128)112-92(78)132/h5,7-10,43,46-51,62-64,69,77-78,104-105H,6,11-42,44-45,52-61H2,1-4H3,(H,113,129)(H,114,130)(H,106,107,108)(H,111,127,131)(H,112,128,132)/t63-,64+,69-,77?,78?. The van der Waals surface area contributed by atoms with Crippen LogP contribution in [0.1, 0.15) is 171 Å². The molecule has 1 aliphatic carbocycles. The van der Waals surface area contributed by atoms with Gasteiger partial charge in [0, 0.05) is 209 Å². The molecule has 12 aliphatic heterocycles. The van der Waals surface area contributed by atoms with Gasteiger partial charge in [0.1, 0.15) is 70.8 Å². The third kappa shape index (κ3) is 20.7. The zero-order chi connectivity index (χ0) is 94.5. The summed E-state index contributed by atoms with van der Waals surface area (Å²) in [5, 5.41) is 21.4. The summed E-state index contributed by atoms with van der Waals surface area (Å²) in [4.78, 5) is 161. The van der Waals surface area contributed by atoms with Crippen LogP contribution in [0.2, 0.25) is 0 Å². The number of hydrogen-bond acceptors (Lipinski definition) is 27. The van der Waals surface area contributed by atoms with E-state index in [0.29, 0.717) is 171 Å². The minimum atomic E-state index is -1.03. The summed E-state index contributed by atoms with van der Waals surface area (Å²) in [7, 11) is 2.22. The Labute approximate surface area is 790 Å². The van der Waals surface area contributed by atoms with Crippen molar-refractivity contribution in [3.8, 4) is 0 Å². The lowest BCUT2D eigenvalue weighted by Gasteiger charge is -2.48. The summed E-state index contributed by atoms with van der Waals surface area (Å²) >= 11 is 0. The predicted molar refractivity (Wildman–Crippen MR) is 505 cm³/mol. The summed E-state index contributed by atoms with van der Waals surface area (Å²) < 4.78 is 71.9. The van der Waals surface area contributed by atoms with Crippen LogP contribution in [0.5, 0.6) is 0 Å². The lowest BCUT2D eigenvalue weighted by Crippen LogP contribution is -2.66. The van der Waals surface area contributed by atoms with Crippen molar-refractivity contribution >= 4 is 99.2 Å². The number of nitrogens with zero attached hydrogens (tertiary/aromatic N) is 16. The van der Waals surface area contributed by atoms with E-state index in [2.05, 4.69) is 120 Å². The van der Waals surface area contributed by atoms with Crippen molar-refractivity contribution in [3.05, 3.63) is 142 Å². The molecule has 6 aromatic rings. The molecule has 14 heterocycles. The summed E-state index contributed by atoms with van der Waals surface area (Å²) in [6, 6.07) is 18.7. The van der Waals surface area contributed by atoms with Crippen molar-refractivity contribution in [2.45, 2.75) is 172 Å². The maximum absolute atomic E-state index is 16.7. The Hall–Kier alpha value is -11.3. The number of nitrogens with one attached hydrogen (secondary N) is 7. The van der Waals surface area contributed by atoms with Gasteiger partial charge in [0.05, 0.1) is 59.9 Å². The van der Waals surface area contributed by atoms with Crippen molar-refractivity contribution in [1.82, 2.24) is 75.5 Å². The quantitative estimate of drug-likeness (QED) is 0.0133. The molecule has 1 saturated carbocycles. The Morgan fingerprint density at radius 2 is 1.09 bits per heavy atom. The van der Waals surface area contributed by atoms with Gasteiger partial charge in [0.25, 0.3) is 17.7 Å². The predicted octanol–water partition coefficient (Wildman–Crippen LogP) is 7.21. The first-order chi connectivity index (χ1) is 65.5. The number of rotatable bonds is 30. The Balaban J connectivity index is 0.435.